The number of carboxylic acids is 1. The Morgan fingerprint density at radius 3 is 2.70 bits per heavy atom. The van der Waals surface area contributed by atoms with E-state index in [9.17, 15) is 18.8 Å². The number of imide groups is 1. The van der Waals surface area contributed by atoms with Gasteiger partial charge < -0.3 is 14.6 Å². The Morgan fingerprint density at radius 1 is 1.30 bits per heavy atom. The highest BCUT2D eigenvalue weighted by Gasteiger charge is 2.35. The number of carboxylic acid groups (broad SMARTS) is 1. The van der Waals surface area contributed by atoms with Gasteiger partial charge in [-0.1, -0.05) is 18.2 Å². The van der Waals surface area contributed by atoms with Gasteiger partial charge in [-0.05, 0) is 57.5 Å². The number of thioether (sulfide) groups is 1. The van der Waals surface area contributed by atoms with E-state index < -0.39 is 29.5 Å². The van der Waals surface area contributed by atoms with Gasteiger partial charge in [-0.2, -0.15) is 0 Å². The van der Waals surface area contributed by atoms with Gasteiger partial charge in [0.25, 0.3) is 11.1 Å². The zero-order valence-electron chi connectivity index (χ0n) is 15.6. The minimum absolute atomic E-state index is 0.163. The van der Waals surface area contributed by atoms with Crippen molar-refractivity contribution >= 4 is 50.9 Å². The lowest BCUT2D eigenvalue weighted by Crippen LogP contribution is -2.27. The first-order valence-corrected chi connectivity index (χ1v) is 10.1. The van der Waals surface area contributed by atoms with Crippen LogP contribution in [0.15, 0.2) is 45.8 Å². The molecule has 1 aliphatic heterocycles. The molecule has 0 radical (unpaired) electrons. The molecule has 156 valence electrons. The van der Waals surface area contributed by atoms with Crippen LogP contribution in [-0.2, 0) is 16.1 Å². The number of amides is 2. The van der Waals surface area contributed by atoms with Gasteiger partial charge in [0.1, 0.15) is 5.82 Å². The SMILES string of the molecule is COc1cc(/C=C2/SC(=O)N(Cc3ccccc3F)C2=O)cc(Br)c1OCC(=O)O. The monoisotopic (exact) mass is 495 g/mol. The lowest BCUT2D eigenvalue weighted by atomic mass is 10.1. The quantitative estimate of drug-likeness (QED) is 0.572. The Bertz CT molecular complexity index is 1060. The first-order valence-electron chi connectivity index (χ1n) is 8.51. The molecule has 1 N–H and O–H groups in total. The second-order valence-corrected chi connectivity index (χ2v) is 7.92. The van der Waals surface area contributed by atoms with E-state index in [0.29, 0.717) is 10.0 Å². The minimum Gasteiger partial charge on any atom is -0.493 e. The third-order valence-corrected chi connectivity index (χ3v) is 5.55. The van der Waals surface area contributed by atoms with Crippen LogP contribution in [0.2, 0.25) is 0 Å². The Hall–Kier alpha value is -2.85. The molecule has 3 rings (SSSR count). The Balaban J connectivity index is 1.85. The first-order chi connectivity index (χ1) is 14.3. The van der Waals surface area contributed by atoms with Gasteiger partial charge in [0.2, 0.25) is 0 Å². The minimum atomic E-state index is -1.14. The van der Waals surface area contributed by atoms with Crippen molar-refractivity contribution in [3.8, 4) is 11.5 Å². The molecule has 0 unspecified atom stereocenters. The van der Waals surface area contributed by atoms with Crippen molar-refractivity contribution in [2.24, 2.45) is 0 Å². The van der Waals surface area contributed by atoms with Gasteiger partial charge in [-0.3, -0.25) is 14.5 Å². The van der Waals surface area contributed by atoms with Crippen LogP contribution in [0.3, 0.4) is 0 Å². The molecule has 0 spiro atoms. The molecule has 1 saturated heterocycles. The molecule has 7 nitrogen and oxygen atoms in total. The second kappa shape index (κ2) is 9.31. The molecule has 30 heavy (non-hydrogen) atoms. The van der Waals surface area contributed by atoms with Crippen molar-refractivity contribution in [2.45, 2.75) is 6.54 Å². The number of benzene rings is 2. The van der Waals surface area contributed by atoms with Crippen LogP contribution in [0, 0.1) is 5.82 Å². The van der Waals surface area contributed by atoms with Gasteiger partial charge >= 0.3 is 5.97 Å². The van der Waals surface area contributed by atoms with Gasteiger partial charge in [0, 0.05) is 5.56 Å². The topological polar surface area (TPSA) is 93.1 Å². The lowest BCUT2D eigenvalue weighted by molar-refractivity contribution is -0.139. The average molecular weight is 496 g/mol. The molecule has 0 atom stereocenters. The van der Waals surface area contributed by atoms with Crippen molar-refractivity contribution in [3.63, 3.8) is 0 Å². The number of rotatable bonds is 7. The zero-order chi connectivity index (χ0) is 21.8. The molecule has 1 aliphatic rings. The number of carbonyl (C=O) groups excluding carboxylic acids is 2. The van der Waals surface area contributed by atoms with Crippen LogP contribution in [0.5, 0.6) is 11.5 Å². The number of halogens is 2. The third kappa shape index (κ3) is 4.82. The highest BCUT2D eigenvalue weighted by molar-refractivity contribution is 9.10. The van der Waals surface area contributed by atoms with Crippen LogP contribution in [0.25, 0.3) is 6.08 Å². The fourth-order valence-corrected chi connectivity index (χ4v) is 4.09. The predicted molar refractivity (Wildman–Crippen MR) is 112 cm³/mol. The summed E-state index contributed by atoms with van der Waals surface area (Å²) in [5.41, 5.74) is 0.767. The van der Waals surface area contributed by atoms with E-state index in [1.165, 1.54) is 31.4 Å². The summed E-state index contributed by atoms with van der Waals surface area (Å²) in [7, 11) is 1.39. The summed E-state index contributed by atoms with van der Waals surface area (Å²) in [5.74, 6) is -1.72. The van der Waals surface area contributed by atoms with E-state index in [1.807, 2.05) is 0 Å². The first kappa shape index (κ1) is 21.8. The van der Waals surface area contributed by atoms with Crippen LogP contribution in [0.4, 0.5) is 9.18 Å². The second-order valence-electron chi connectivity index (χ2n) is 6.08. The fourth-order valence-electron chi connectivity index (χ4n) is 2.68. The smallest absolute Gasteiger partial charge is 0.341 e. The molecular formula is C20H15BrFNO6S. The maximum absolute atomic E-state index is 13.9. The largest absolute Gasteiger partial charge is 0.493 e. The summed E-state index contributed by atoms with van der Waals surface area (Å²) in [6.07, 6.45) is 1.50. The normalized spacial score (nSPS) is 15.0. The maximum Gasteiger partial charge on any atom is 0.341 e. The van der Waals surface area contributed by atoms with Gasteiger partial charge in [0.15, 0.2) is 18.1 Å². The van der Waals surface area contributed by atoms with E-state index in [1.54, 1.807) is 18.2 Å². The van der Waals surface area contributed by atoms with Crippen molar-refractivity contribution in [3.05, 3.63) is 62.7 Å². The molecule has 2 aromatic rings. The summed E-state index contributed by atoms with van der Waals surface area (Å²) in [5, 5.41) is 8.29. The number of aliphatic carboxylic acids is 1. The Kier molecular flexibility index (Phi) is 6.78. The van der Waals surface area contributed by atoms with E-state index in [4.69, 9.17) is 14.6 Å². The summed E-state index contributed by atoms with van der Waals surface area (Å²) < 4.78 is 24.8. The van der Waals surface area contributed by atoms with Crippen molar-refractivity contribution < 1.29 is 33.4 Å². The summed E-state index contributed by atoms with van der Waals surface area (Å²) in [6.45, 7) is -0.715. The molecule has 2 aromatic carbocycles. The maximum atomic E-state index is 13.9. The predicted octanol–water partition coefficient (Wildman–Crippen LogP) is 4.30. The highest BCUT2D eigenvalue weighted by atomic mass is 79.9. The standard InChI is InChI=1S/C20H15BrFNO6S/c1-28-15-7-11(6-13(21)18(15)29-10-17(24)25)8-16-19(26)23(20(27)30-16)9-12-4-2-3-5-14(12)22/h2-8H,9-10H2,1H3,(H,24,25)/b16-8+. The molecule has 1 fully saturated rings. The van der Waals surface area contributed by atoms with Crippen LogP contribution in [-0.4, -0.2) is 40.8 Å². The van der Waals surface area contributed by atoms with E-state index in [-0.39, 0.29) is 28.5 Å². The number of hydrogen-bond acceptors (Lipinski definition) is 6. The summed E-state index contributed by atoms with van der Waals surface area (Å²) >= 11 is 4.04. The number of methoxy groups -OCH3 is 1. The fraction of sp³-hybridized carbons (Fsp3) is 0.150. The molecule has 10 heteroatoms. The Morgan fingerprint density at radius 2 is 2.03 bits per heavy atom. The molecule has 0 saturated carbocycles. The van der Waals surface area contributed by atoms with Crippen LogP contribution >= 0.6 is 27.7 Å². The van der Waals surface area contributed by atoms with Gasteiger partial charge in [-0.15, -0.1) is 0 Å². The number of hydrogen-bond donors (Lipinski definition) is 1. The van der Waals surface area contributed by atoms with Crippen molar-refractivity contribution in [2.75, 3.05) is 13.7 Å². The van der Waals surface area contributed by atoms with Crippen molar-refractivity contribution in [1.82, 2.24) is 4.90 Å². The van der Waals surface area contributed by atoms with E-state index >= 15 is 0 Å². The molecule has 0 aliphatic carbocycles. The van der Waals surface area contributed by atoms with Crippen molar-refractivity contribution in [1.29, 1.82) is 0 Å². The number of carbonyl (C=O) groups is 3. The molecule has 0 aromatic heterocycles. The lowest BCUT2D eigenvalue weighted by Gasteiger charge is -2.13. The van der Waals surface area contributed by atoms with Gasteiger partial charge in [0.05, 0.1) is 23.0 Å². The highest BCUT2D eigenvalue weighted by Crippen LogP contribution is 2.39. The van der Waals surface area contributed by atoms with Gasteiger partial charge in [-0.25, -0.2) is 9.18 Å². The third-order valence-electron chi connectivity index (χ3n) is 4.05. The van der Waals surface area contributed by atoms with E-state index in [2.05, 4.69) is 15.9 Å². The molecule has 1 heterocycles. The Labute approximate surface area is 183 Å². The summed E-state index contributed by atoms with van der Waals surface area (Å²) in [6, 6.07) is 9.09. The van der Waals surface area contributed by atoms with Crippen LogP contribution in [0.1, 0.15) is 11.1 Å². The summed E-state index contributed by atoms with van der Waals surface area (Å²) in [4.78, 5) is 36.9. The molecular weight excluding hydrogens is 481 g/mol. The number of ether oxygens (including phenoxy) is 2. The molecule has 0 bridgehead atoms. The zero-order valence-corrected chi connectivity index (χ0v) is 18.0. The number of nitrogens with zero attached hydrogens (tertiary/aromatic N) is 1. The molecule has 2 amide bonds. The van der Waals surface area contributed by atoms with E-state index in [0.717, 1.165) is 16.7 Å². The average Bonchev–Trinajstić information content (AvgIpc) is 2.95. The van der Waals surface area contributed by atoms with Crippen LogP contribution < -0.4 is 9.47 Å².